The summed E-state index contributed by atoms with van der Waals surface area (Å²) in [5.74, 6) is 0.922. The van der Waals surface area contributed by atoms with Crippen LogP contribution in [-0.4, -0.2) is 31.3 Å². The van der Waals surface area contributed by atoms with Crippen LogP contribution in [0.25, 0.3) is 0 Å². The highest BCUT2D eigenvalue weighted by atomic mass is 16.5. The van der Waals surface area contributed by atoms with Gasteiger partial charge in [-0.2, -0.15) is 0 Å². The van der Waals surface area contributed by atoms with Gasteiger partial charge in [-0.25, -0.2) is 0 Å². The zero-order chi connectivity index (χ0) is 13.0. The second-order valence-electron chi connectivity index (χ2n) is 4.83. The molecule has 18 heavy (non-hydrogen) atoms. The Morgan fingerprint density at radius 2 is 2.28 bits per heavy atom. The molecule has 100 valence electrons. The lowest BCUT2D eigenvalue weighted by Gasteiger charge is -2.23. The van der Waals surface area contributed by atoms with E-state index in [1.807, 2.05) is 20.0 Å². The lowest BCUT2D eigenvalue weighted by Crippen LogP contribution is -2.35. The molecule has 1 unspecified atom stereocenters. The maximum Gasteiger partial charge on any atom is 0.128 e. The van der Waals surface area contributed by atoms with E-state index in [0.717, 1.165) is 42.1 Å². The van der Waals surface area contributed by atoms with Crippen LogP contribution in [0.1, 0.15) is 29.7 Å². The van der Waals surface area contributed by atoms with Crippen LogP contribution in [-0.2, 0) is 11.3 Å². The third kappa shape index (κ3) is 3.00. The van der Waals surface area contributed by atoms with Crippen molar-refractivity contribution in [1.82, 2.24) is 10.3 Å². The van der Waals surface area contributed by atoms with Crippen LogP contribution in [0.4, 0.5) is 0 Å². The van der Waals surface area contributed by atoms with Crippen molar-refractivity contribution in [3.63, 3.8) is 0 Å². The molecule has 0 bridgehead atoms. The number of pyridine rings is 1. The highest BCUT2D eigenvalue weighted by Crippen LogP contribution is 2.24. The fraction of sp³-hybridized carbons (Fsp3) is 0.643. The van der Waals surface area contributed by atoms with E-state index in [2.05, 4.69) is 10.3 Å². The molecule has 1 aromatic heterocycles. The zero-order valence-corrected chi connectivity index (χ0v) is 11.5. The minimum Gasteiger partial charge on any atom is -0.496 e. The maximum atomic E-state index is 5.91. The highest BCUT2D eigenvalue weighted by Gasteiger charge is 2.15. The molecular weight excluding hydrogens is 228 g/mol. The number of hydrogen-bond donors (Lipinski definition) is 1. The van der Waals surface area contributed by atoms with Gasteiger partial charge in [-0.15, -0.1) is 0 Å². The van der Waals surface area contributed by atoms with E-state index >= 15 is 0 Å². The molecule has 0 aromatic carbocycles. The van der Waals surface area contributed by atoms with Gasteiger partial charge in [-0.05, 0) is 33.2 Å². The SMILES string of the molecule is COc1c(C)cnc(COC2CCCNC2)c1C. The van der Waals surface area contributed by atoms with Crippen molar-refractivity contribution in [2.24, 2.45) is 0 Å². The van der Waals surface area contributed by atoms with Gasteiger partial charge in [0.15, 0.2) is 0 Å². The maximum absolute atomic E-state index is 5.91. The normalized spacial score (nSPS) is 19.8. The summed E-state index contributed by atoms with van der Waals surface area (Å²) in [7, 11) is 1.70. The second-order valence-corrected chi connectivity index (χ2v) is 4.83. The lowest BCUT2D eigenvalue weighted by atomic mass is 10.1. The lowest BCUT2D eigenvalue weighted by molar-refractivity contribution is 0.0232. The van der Waals surface area contributed by atoms with E-state index in [1.165, 1.54) is 6.42 Å². The molecule has 0 saturated carbocycles. The molecule has 0 amide bonds. The molecule has 1 aliphatic heterocycles. The van der Waals surface area contributed by atoms with Gasteiger partial charge in [-0.3, -0.25) is 4.98 Å². The molecule has 1 aromatic rings. The van der Waals surface area contributed by atoms with Crippen LogP contribution in [0, 0.1) is 13.8 Å². The minimum absolute atomic E-state index is 0.312. The van der Waals surface area contributed by atoms with E-state index in [-0.39, 0.29) is 0 Å². The topological polar surface area (TPSA) is 43.4 Å². The van der Waals surface area contributed by atoms with Crippen molar-refractivity contribution in [3.8, 4) is 5.75 Å². The Morgan fingerprint density at radius 1 is 1.44 bits per heavy atom. The van der Waals surface area contributed by atoms with Gasteiger partial charge in [0.05, 0.1) is 25.5 Å². The molecule has 0 spiro atoms. The van der Waals surface area contributed by atoms with E-state index in [0.29, 0.717) is 12.7 Å². The van der Waals surface area contributed by atoms with Crippen LogP contribution < -0.4 is 10.1 Å². The molecule has 4 nitrogen and oxygen atoms in total. The first-order valence-corrected chi connectivity index (χ1v) is 6.53. The molecule has 4 heteroatoms. The van der Waals surface area contributed by atoms with Crippen molar-refractivity contribution in [3.05, 3.63) is 23.0 Å². The van der Waals surface area contributed by atoms with Gasteiger partial charge in [0, 0.05) is 23.9 Å². The number of hydrogen-bond acceptors (Lipinski definition) is 4. The molecule has 1 fully saturated rings. The molecule has 0 aliphatic carbocycles. The molecule has 1 aliphatic rings. The summed E-state index contributed by atoms with van der Waals surface area (Å²) in [6.45, 7) is 6.66. The number of aromatic nitrogens is 1. The molecule has 2 rings (SSSR count). The zero-order valence-electron chi connectivity index (χ0n) is 11.5. The summed E-state index contributed by atoms with van der Waals surface area (Å²) >= 11 is 0. The number of ether oxygens (including phenoxy) is 2. The number of methoxy groups -OCH3 is 1. The average molecular weight is 250 g/mol. The molecule has 1 saturated heterocycles. The van der Waals surface area contributed by atoms with Gasteiger partial charge in [-0.1, -0.05) is 0 Å². The number of aryl methyl sites for hydroxylation is 1. The third-order valence-electron chi connectivity index (χ3n) is 3.46. The number of rotatable bonds is 4. The minimum atomic E-state index is 0.312. The van der Waals surface area contributed by atoms with E-state index in [4.69, 9.17) is 9.47 Å². The first-order valence-electron chi connectivity index (χ1n) is 6.53. The fourth-order valence-electron chi connectivity index (χ4n) is 2.38. The van der Waals surface area contributed by atoms with Crippen molar-refractivity contribution >= 4 is 0 Å². The summed E-state index contributed by atoms with van der Waals surface area (Å²) in [4.78, 5) is 4.45. The Balaban J connectivity index is 2.00. The standard InChI is InChI=1S/C14H22N2O2/c1-10-7-16-13(11(2)14(10)17-3)9-18-12-5-4-6-15-8-12/h7,12,15H,4-6,8-9H2,1-3H3. The predicted octanol–water partition coefficient (Wildman–Crippen LogP) is 1.98. The van der Waals surface area contributed by atoms with E-state index in [1.54, 1.807) is 7.11 Å². The molecular formula is C14H22N2O2. The van der Waals surface area contributed by atoms with Crippen molar-refractivity contribution in [2.45, 2.75) is 39.4 Å². The molecule has 1 atom stereocenters. The smallest absolute Gasteiger partial charge is 0.128 e. The average Bonchev–Trinajstić information content (AvgIpc) is 2.40. The van der Waals surface area contributed by atoms with Gasteiger partial charge in [0.2, 0.25) is 0 Å². The molecule has 0 radical (unpaired) electrons. The van der Waals surface area contributed by atoms with Gasteiger partial charge in [0.25, 0.3) is 0 Å². The van der Waals surface area contributed by atoms with Gasteiger partial charge >= 0.3 is 0 Å². The van der Waals surface area contributed by atoms with Crippen LogP contribution in [0.15, 0.2) is 6.20 Å². The fourth-order valence-corrected chi connectivity index (χ4v) is 2.38. The summed E-state index contributed by atoms with van der Waals surface area (Å²) in [5, 5.41) is 3.35. The summed E-state index contributed by atoms with van der Waals surface area (Å²) in [5.41, 5.74) is 3.13. The van der Waals surface area contributed by atoms with E-state index in [9.17, 15) is 0 Å². The molecule has 2 heterocycles. The van der Waals surface area contributed by atoms with Crippen molar-refractivity contribution in [1.29, 1.82) is 0 Å². The van der Waals surface area contributed by atoms with E-state index < -0.39 is 0 Å². The van der Waals surface area contributed by atoms with Gasteiger partial charge in [0.1, 0.15) is 5.75 Å². The largest absolute Gasteiger partial charge is 0.496 e. The van der Waals surface area contributed by atoms with Crippen molar-refractivity contribution < 1.29 is 9.47 Å². The Hall–Kier alpha value is -1.13. The number of nitrogens with zero attached hydrogens (tertiary/aromatic N) is 1. The first kappa shape index (κ1) is 13.3. The second kappa shape index (κ2) is 6.16. The Kier molecular flexibility index (Phi) is 4.55. The van der Waals surface area contributed by atoms with Crippen LogP contribution >= 0.6 is 0 Å². The quantitative estimate of drug-likeness (QED) is 0.887. The number of piperidine rings is 1. The Morgan fingerprint density at radius 3 is 2.94 bits per heavy atom. The predicted molar refractivity (Wildman–Crippen MR) is 70.9 cm³/mol. The summed E-state index contributed by atoms with van der Waals surface area (Å²) in [6.07, 6.45) is 4.49. The monoisotopic (exact) mass is 250 g/mol. The van der Waals surface area contributed by atoms with Crippen LogP contribution in [0.5, 0.6) is 5.75 Å². The summed E-state index contributed by atoms with van der Waals surface area (Å²) in [6, 6.07) is 0. The Bertz CT molecular complexity index is 401. The van der Waals surface area contributed by atoms with Crippen molar-refractivity contribution in [2.75, 3.05) is 20.2 Å². The first-order chi connectivity index (χ1) is 8.72. The summed E-state index contributed by atoms with van der Waals surface area (Å²) < 4.78 is 11.3. The van der Waals surface area contributed by atoms with Crippen LogP contribution in [0.3, 0.4) is 0 Å². The third-order valence-corrected chi connectivity index (χ3v) is 3.46. The van der Waals surface area contributed by atoms with Crippen LogP contribution in [0.2, 0.25) is 0 Å². The number of nitrogens with one attached hydrogen (secondary N) is 1. The highest BCUT2D eigenvalue weighted by molar-refractivity contribution is 5.40. The van der Waals surface area contributed by atoms with Gasteiger partial charge < -0.3 is 14.8 Å². The Labute approximate surface area is 109 Å². The molecule has 1 N–H and O–H groups in total.